The Hall–Kier alpha value is -2.12. The average Bonchev–Trinajstić information content (AvgIpc) is 3.15. The van der Waals surface area contributed by atoms with Crippen molar-refractivity contribution in [1.29, 1.82) is 0 Å². The van der Waals surface area contributed by atoms with Crippen LogP contribution >= 0.6 is 0 Å². The van der Waals surface area contributed by atoms with Crippen molar-refractivity contribution in [2.75, 3.05) is 39.4 Å². The zero-order valence-electron chi connectivity index (χ0n) is 19.8. The van der Waals surface area contributed by atoms with Crippen molar-refractivity contribution in [3.05, 3.63) is 30.1 Å². The van der Waals surface area contributed by atoms with E-state index in [0.29, 0.717) is 12.2 Å². The minimum absolute atomic E-state index is 0.303. The van der Waals surface area contributed by atoms with Crippen molar-refractivity contribution in [2.24, 2.45) is 4.99 Å². The molecule has 1 aromatic carbocycles. The third kappa shape index (κ3) is 6.01. The van der Waals surface area contributed by atoms with Crippen molar-refractivity contribution in [3.63, 3.8) is 0 Å². The van der Waals surface area contributed by atoms with Gasteiger partial charge in [0.15, 0.2) is 5.96 Å². The Morgan fingerprint density at radius 1 is 1.22 bits per heavy atom. The van der Waals surface area contributed by atoms with Crippen LogP contribution in [0.25, 0.3) is 11.0 Å². The van der Waals surface area contributed by atoms with E-state index in [0.717, 1.165) is 88.9 Å². The van der Waals surface area contributed by atoms with E-state index in [-0.39, 0.29) is 0 Å². The summed E-state index contributed by atoms with van der Waals surface area (Å²) in [7, 11) is 0. The molecule has 4 rings (SSSR count). The van der Waals surface area contributed by atoms with Gasteiger partial charge >= 0.3 is 0 Å². The zero-order valence-corrected chi connectivity index (χ0v) is 19.8. The number of fused-ring (bicyclic) bond motifs is 1. The van der Waals surface area contributed by atoms with Gasteiger partial charge in [-0.25, -0.2) is 4.98 Å². The average molecular weight is 442 g/mol. The maximum Gasteiger partial charge on any atom is 0.193 e. The molecule has 7 nitrogen and oxygen atoms in total. The first-order valence-electron chi connectivity index (χ1n) is 12.4. The predicted molar refractivity (Wildman–Crippen MR) is 129 cm³/mol. The van der Waals surface area contributed by atoms with E-state index in [9.17, 15) is 0 Å². The normalized spacial score (nSPS) is 20.8. The van der Waals surface area contributed by atoms with E-state index in [2.05, 4.69) is 51.8 Å². The van der Waals surface area contributed by atoms with Crippen LogP contribution in [-0.4, -0.2) is 72.0 Å². The molecule has 7 heteroatoms. The van der Waals surface area contributed by atoms with Gasteiger partial charge in [-0.05, 0) is 64.5 Å². The first kappa shape index (κ1) is 23.1. The zero-order chi connectivity index (χ0) is 22.2. The topological polar surface area (TPSA) is 63.9 Å². The highest BCUT2D eigenvalue weighted by molar-refractivity contribution is 5.80. The molecule has 2 aliphatic heterocycles. The van der Waals surface area contributed by atoms with Crippen LogP contribution in [0, 0.1) is 6.92 Å². The summed E-state index contributed by atoms with van der Waals surface area (Å²) in [4.78, 5) is 12.0. The third-order valence-electron chi connectivity index (χ3n) is 6.52. The number of ether oxygens (including phenoxy) is 2. The van der Waals surface area contributed by atoms with Crippen LogP contribution in [0.3, 0.4) is 0 Å². The minimum atomic E-state index is 0.303. The van der Waals surface area contributed by atoms with Crippen molar-refractivity contribution >= 4 is 17.0 Å². The molecule has 2 fully saturated rings. The number of aryl methyl sites for hydroxylation is 2. The Kier molecular flexibility index (Phi) is 8.40. The highest BCUT2D eigenvalue weighted by atomic mass is 16.5. The van der Waals surface area contributed by atoms with Gasteiger partial charge in [-0.1, -0.05) is 12.1 Å². The number of rotatable bonds is 8. The van der Waals surface area contributed by atoms with E-state index >= 15 is 0 Å². The van der Waals surface area contributed by atoms with Crippen LogP contribution in [0.1, 0.15) is 51.3 Å². The van der Waals surface area contributed by atoms with Crippen molar-refractivity contribution < 1.29 is 9.47 Å². The van der Waals surface area contributed by atoms with Gasteiger partial charge in [0.2, 0.25) is 0 Å². The summed E-state index contributed by atoms with van der Waals surface area (Å²) < 4.78 is 14.3. The van der Waals surface area contributed by atoms with Crippen LogP contribution in [0.15, 0.2) is 29.3 Å². The lowest BCUT2D eigenvalue weighted by Gasteiger charge is -2.35. The number of aliphatic imine (C=N–C) groups is 1. The summed E-state index contributed by atoms with van der Waals surface area (Å²) in [5.74, 6) is 2.11. The molecule has 0 radical (unpaired) electrons. The fourth-order valence-electron chi connectivity index (χ4n) is 4.73. The summed E-state index contributed by atoms with van der Waals surface area (Å²) in [6.07, 6.45) is 7.36. The summed E-state index contributed by atoms with van der Waals surface area (Å²) in [6.45, 7) is 10.5. The van der Waals surface area contributed by atoms with Crippen LogP contribution in [-0.2, 0) is 16.0 Å². The molecule has 176 valence electrons. The number of hydrogen-bond donors (Lipinski definition) is 1. The molecule has 1 atom stereocenters. The number of nitrogens with zero attached hydrogens (tertiary/aromatic N) is 4. The minimum Gasteiger partial charge on any atom is -0.376 e. The fourth-order valence-corrected chi connectivity index (χ4v) is 4.73. The van der Waals surface area contributed by atoms with Gasteiger partial charge in [0.25, 0.3) is 0 Å². The molecule has 3 heterocycles. The quantitative estimate of drug-likeness (QED) is 0.384. The van der Waals surface area contributed by atoms with E-state index < -0.39 is 0 Å². The highest BCUT2D eigenvalue weighted by Gasteiger charge is 2.23. The fraction of sp³-hybridized carbons (Fsp3) is 0.680. The Labute approximate surface area is 192 Å². The summed E-state index contributed by atoms with van der Waals surface area (Å²) in [5, 5.41) is 3.48. The number of piperidine rings is 1. The maximum atomic E-state index is 6.18. The number of benzene rings is 1. The Balaban J connectivity index is 1.23. The molecular formula is C25H39N5O2. The molecule has 0 spiro atoms. The van der Waals surface area contributed by atoms with Gasteiger partial charge in [-0.2, -0.15) is 0 Å². The van der Waals surface area contributed by atoms with Crippen LogP contribution < -0.4 is 5.32 Å². The van der Waals surface area contributed by atoms with Crippen LogP contribution in [0.5, 0.6) is 0 Å². The number of hydrogen-bond acceptors (Lipinski definition) is 4. The molecule has 0 aliphatic carbocycles. The van der Waals surface area contributed by atoms with Gasteiger partial charge < -0.3 is 24.3 Å². The molecule has 1 aromatic heterocycles. The van der Waals surface area contributed by atoms with E-state index in [1.54, 1.807) is 0 Å². The van der Waals surface area contributed by atoms with Gasteiger partial charge in [-0.3, -0.25) is 4.99 Å². The molecule has 2 aromatic rings. The summed E-state index contributed by atoms with van der Waals surface area (Å²) >= 11 is 0. The molecule has 0 saturated carbocycles. The lowest BCUT2D eigenvalue weighted by atomic mass is 10.1. The monoisotopic (exact) mass is 441 g/mol. The molecule has 0 amide bonds. The number of guanidine groups is 1. The summed E-state index contributed by atoms with van der Waals surface area (Å²) in [6, 6.07) is 8.35. The number of para-hydroxylation sites is 2. The molecular weight excluding hydrogens is 402 g/mol. The Morgan fingerprint density at radius 2 is 2.06 bits per heavy atom. The molecule has 2 aliphatic rings. The Bertz CT molecular complexity index is 866. The SMILES string of the molecule is CCNC(=NCCCn1c(C)nc2ccccc21)N1CCC(OCC2CCCCO2)CC1. The van der Waals surface area contributed by atoms with E-state index in [4.69, 9.17) is 14.5 Å². The first-order chi connectivity index (χ1) is 15.7. The first-order valence-corrected chi connectivity index (χ1v) is 12.4. The number of aromatic nitrogens is 2. The number of likely N-dealkylation sites (tertiary alicyclic amines) is 1. The van der Waals surface area contributed by atoms with E-state index in [1.807, 2.05) is 6.07 Å². The molecule has 0 bridgehead atoms. The van der Waals surface area contributed by atoms with Crippen molar-refractivity contribution in [2.45, 2.75) is 71.1 Å². The van der Waals surface area contributed by atoms with Crippen molar-refractivity contribution in [1.82, 2.24) is 19.8 Å². The smallest absolute Gasteiger partial charge is 0.193 e. The highest BCUT2D eigenvalue weighted by Crippen LogP contribution is 2.18. The Morgan fingerprint density at radius 3 is 2.84 bits per heavy atom. The summed E-state index contributed by atoms with van der Waals surface area (Å²) in [5.41, 5.74) is 2.28. The van der Waals surface area contributed by atoms with Gasteiger partial charge in [0.1, 0.15) is 5.82 Å². The molecule has 2 saturated heterocycles. The lowest BCUT2D eigenvalue weighted by Crippen LogP contribution is -2.47. The molecule has 32 heavy (non-hydrogen) atoms. The second kappa shape index (κ2) is 11.7. The molecule has 1 N–H and O–H groups in total. The second-order valence-electron chi connectivity index (χ2n) is 8.90. The number of nitrogens with one attached hydrogen (secondary N) is 1. The van der Waals surface area contributed by atoms with Gasteiger partial charge in [-0.15, -0.1) is 0 Å². The largest absolute Gasteiger partial charge is 0.376 e. The maximum absolute atomic E-state index is 6.18. The standard InChI is InChI=1S/C25H39N5O2/c1-3-26-25(27-14-8-15-30-20(2)28-23-10-4-5-11-24(23)30)29-16-12-21(13-17-29)32-19-22-9-6-7-18-31-22/h4-5,10-11,21-22H,3,6-9,12-19H2,1-2H3,(H,26,27). The lowest BCUT2D eigenvalue weighted by molar-refractivity contribution is -0.0721. The van der Waals surface area contributed by atoms with Gasteiger partial charge in [0, 0.05) is 39.3 Å². The second-order valence-corrected chi connectivity index (χ2v) is 8.90. The number of imidazole rings is 1. The van der Waals surface area contributed by atoms with Crippen molar-refractivity contribution in [3.8, 4) is 0 Å². The molecule has 1 unspecified atom stereocenters. The van der Waals surface area contributed by atoms with Crippen LogP contribution in [0.4, 0.5) is 0 Å². The van der Waals surface area contributed by atoms with E-state index in [1.165, 1.54) is 18.4 Å². The predicted octanol–water partition coefficient (Wildman–Crippen LogP) is 3.75. The third-order valence-corrected chi connectivity index (χ3v) is 6.52. The van der Waals surface area contributed by atoms with Crippen LogP contribution in [0.2, 0.25) is 0 Å². The van der Waals surface area contributed by atoms with Gasteiger partial charge in [0.05, 0.1) is 29.8 Å².